The molecule has 0 radical (unpaired) electrons. The van der Waals surface area contributed by atoms with Gasteiger partial charge in [0.1, 0.15) is 5.75 Å². The average molecular weight is 400 g/mol. The molecule has 1 aliphatic rings. The van der Waals surface area contributed by atoms with Crippen molar-refractivity contribution in [1.29, 1.82) is 0 Å². The summed E-state index contributed by atoms with van der Waals surface area (Å²) in [5.74, 6) is 0.515. The second-order valence-corrected chi connectivity index (χ2v) is 8.35. The first-order valence-corrected chi connectivity index (χ1v) is 11.0. The molecular formula is C18H29N3O5S. The van der Waals surface area contributed by atoms with Gasteiger partial charge in [-0.3, -0.25) is 9.69 Å². The number of amides is 1. The van der Waals surface area contributed by atoms with Crippen LogP contribution in [0.4, 0.5) is 5.69 Å². The van der Waals surface area contributed by atoms with Crippen LogP contribution in [0.25, 0.3) is 0 Å². The summed E-state index contributed by atoms with van der Waals surface area (Å²) in [6, 6.07) is 7.08. The van der Waals surface area contributed by atoms with Crippen LogP contribution in [-0.4, -0.2) is 82.3 Å². The Balaban J connectivity index is 1.81. The number of carbonyl (C=O) groups is 1. The molecule has 0 bridgehead atoms. The van der Waals surface area contributed by atoms with Crippen LogP contribution >= 0.6 is 0 Å². The molecule has 27 heavy (non-hydrogen) atoms. The first-order valence-electron chi connectivity index (χ1n) is 9.16. The Morgan fingerprint density at radius 2 is 1.89 bits per heavy atom. The van der Waals surface area contributed by atoms with Gasteiger partial charge in [0.2, 0.25) is 15.9 Å². The summed E-state index contributed by atoms with van der Waals surface area (Å²) in [6.45, 7) is 6.59. The Labute approximate surface area is 161 Å². The van der Waals surface area contributed by atoms with Crippen molar-refractivity contribution in [2.75, 3.05) is 64.1 Å². The molecule has 2 rings (SSSR count). The van der Waals surface area contributed by atoms with Crippen LogP contribution in [0.5, 0.6) is 5.75 Å². The van der Waals surface area contributed by atoms with Crippen molar-refractivity contribution in [2.45, 2.75) is 13.3 Å². The van der Waals surface area contributed by atoms with Gasteiger partial charge in [-0.2, -0.15) is 0 Å². The van der Waals surface area contributed by atoms with Gasteiger partial charge in [0, 0.05) is 44.8 Å². The molecule has 1 aliphatic heterocycles. The highest BCUT2D eigenvalue weighted by Gasteiger charge is 2.20. The molecule has 0 spiro atoms. The maximum absolute atomic E-state index is 12.2. The highest BCUT2D eigenvalue weighted by Crippen LogP contribution is 2.16. The van der Waals surface area contributed by atoms with Crippen LogP contribution in [0.15, 0.2) is 24.3 Å². The summed E-state index contributed by atoms with van der Waals surface area (Å²) in [7, 11) is -3.37. The van der Waals surface area contributed by atoms with Crippen molar-refractivity contribution in [1.82, 2.24) is 9.21 Å². The van der Waals surface area contributed by atoms with E-state index in [4.69, 9.17) is 9.47 Å². The summed E-state index contributed by atoms with van der Waals surface area (Å²) < 4.78 is 36.0. The normalized spacial score (nSPS) is 15.7. The lowest BCUT2D eigenvalue weighted by Crippen LogP contribution is -2.43. The molecule has 1 saturated heterocycles. The van der Waals surface area contributed by atoms with Crippen molar-refractivity contribution in [3.8, 4) is 5.75 Å². The molecule has 0 atom stereocenters. The summed E-state index contributed by atoms with van der Waals surface area (Å²) in [5.41, 5.74) is 0.655. The predicted molar refractivity (Wildman–Crippen MR) is 105 cm³/mol. The van der Waals surface area contributed by atoms with Gasteiger partial charge in [0.25, 0.3) is 0 Å². The van der Waals surface area contributed by atoms with Crippen LogP contribution in [-0.2, 0) is 19.6 Å². The van der Waals surface area contributed by atoms with E-state index in [-0.39, 0.29) is 18.9 Å². The zero-order valence-electron chi connectivity index (χ0n) is 16.0. The third-order valence-electron chi connectivity index (χ3n) is 4.28. The number of sulfonamides is 1. The standard InChI is InChI=1S/C18H29N3O5S/c1-3-26-17-6-4-16(5-7-17)19-18(22)8-9-21(27(2,23)24)11-10-20-12-14-25-15-13-20/h4-7H,3,8-15H2,1-2H3,(H,19,22). The van der Waals surface area contributed by atoms with Crippen molar-refractivity contribution < 1.29 is 22.7 Å². The number of nitrogens with zero attached hydrogens (tertiary/aromatic N) is 2. The maximum atomic E-state index is 12.2. The highest BCUT2D eigenvalue weighted by molar-refractivity contribution is 7.88. The summed E-state index contributed by atoms with van der Waals surface area (Å²) in [4.78, 5) is 14.3. The Kier molecular flexibility index (Phi) is 8.49. The van der Waals surface area contributed by atoms with E-state index in [1.54, 1.807) is 24.3 Å². The number of anilines is 1. The molecule has 1 heterocycles. The van der Waals surface area contributed by atoms with E-state index in [9.17, 15) is 13.2 Å². The monoisotopic (exact) mass is 399 g/mol. The Bertz CT molecular complexity index is 687. The molecule has 0 unspecified atom stereocenters. The molecule has 9 heteroatoms. The molecule has 1 N–H and O–H groups in total. The van der Waals surface area contributed by atoms with E-state index in [0.717, 1.165) is 18.8 Å². The SMILES string of the molecule is CCOc1ccc(NC(=O)CCN(CCN2CCOCC2)S(C)(=O)=O)cc1. The molecule has 0 aliphatic carbocycles. The second-order valence-electron chi connectivity index (χ2n) is 6.37. The molecule has 152 valence electrons. The van der Waals surface area contributed by atoms with Gasteiger partial charge < -0.3 is 14.8 Å². The minimum Gasteiger partial charge on any atom is -0.494 e. The van der Waals surface area contributed by atoms with Crippen LogP contribution in [0.3, 0.4) is 0 Å². The third-order valence-corrected chi connectivity index (χ3v) is 5.58. The minimum absolute atomic E-state index is 0.101. The third kappa shape index (κ3) is 7.84. The second kappa shape index (κ2) is 10.6. The van der Waals surface area contributed by atoms with Crippen molar-refractivity contribution in [3.05, 3.63) is 24.3 Å². The largest absolute Gasteiger partial charge is 0.494 e. The fourth-order valence-electron chi connectivity index (χ4n) is 2.77. The van der Waals surface area contributed by atoms with Gasteiger partial charge in [-0.15, -0.1) is 0 Å². The van der Waals surface area contributed by atoms with E-state index >= 15 is 0 Å². The van der Waals surface area contributed by atoms with Crippen molar-refractivity contribution in [3.63, 3.8) is 0 Å². The lowest BCUT2D eigenvalue weighted by Gasteiger charge is -2.29. The Hall–Kier alpha value is -1.68. The number of hydrogen-bond acceptors (Lipinski definition) is 6. The summed E-state index contributed by atoms with van der Waals surface area (Å²) >= 11 is 0. The number of benzene rings is 1. The Morgan fingerprint density at radius 1 is 1.22 bits per heavy atom. The quantitative estimate of drug-likeness (QED) is 0.632. The zero-order valence-corrected chi connectivity index (χ0v) is 16.8. The number of rotatable bonds is 10. The van der Waals surface area contributed by atoms with Crippen LogP contribution in [0.2, 0.25) is 0 Å². The van der Waals surface area contributed by atoms with Crippen LogP contribution < -0.4 is 10.1 Å². The van der Waals surface area contributed by atoms with Gasteiger partial charge >= 0.3 is 0 Å². The molecule has 1 amide bonds. The number of morpholine rings is 1. The first kappa shape index (κ1) is 21.6. The molecule has 1 fully saturated rings. The number of hydrogen-bond donors (Lipinski definition) is 1. The average Bonchev–Trinajstić information content (AvgIpc) is 2.63. The molecule has 1 aromatic carbocycles. The van der Waals surface area contributed by atoms with Gasteiger partial charge in [0.15, 0.2) is 0 Å². The van der Waals surface area contributed by atoms with Crippen molar-refractivity contribution in [2.24, 2.45) is 0 Å². The molecular weight excluding hydrogens is 370 g/mol. The fraction of sp³-hybridized carbons (Fsp3) is 0.611. The van der Waals surface area contributed by atoms with Gasteiger partial charge in [-0.1, -0.05) is 0 Å². The lowest BCUT2D eigenvalue weighted by atomic mass is 10.3. The summed E-state index contributed by atoms with van der Waals surface area (Å²) in [5, 5.41) is 2.78. The highest BCUT2D eigenvalue weighted by atomic mass is 32.2. The van der Waals surface area contributed by atoms with Gasteiger partial charge in [-0.05, 0) is 31.2 Å². The van der Waals surface area contributed by atoms with E-state index in [0.29, 0.717) is 38.6 Å². The van der Waals surface area contributed by atoms with E-state index in [1.165, 1.54) is 10.6 Å². The minimum atomic E-state index is -3.37. The maximum Gasteiger partial charge on any atom is 0.225 e. The summed E-state index contributed by atoms with van der Waals surface area (Å²) in [6.07, 6.45) is 1.28. The van der Waals surface area contributed by atoms with Crippen molar-refractivity contribution >= 4 is 21.6 Å². The van der Waals surface area contributed by atoms with Crippen LogP contribution in [0, 0.1) is 0 Å². The van der Waals surface area contributed by atoms with Gasteiger partial charge in [-0.25, -0.2) is 12.7 Å². The van der Waals surface area contributed by atoms with E-state index in [1.807, 2.05) is 6.92 Å². The number of ether oxygens (including phenoxy) is 2. The molecule has 1 aromatic rings. The van der Waals surface area contributed by atoms with E-state index in [2.05, 4.69) is 10.2 Å². The van der Waals surface area contributed by atoms with Crippen LogP contribution in [0.1, 0.15) is 13.3 Å². The van der Waals surface area contributed by atoms with E-state index < -0.39 is 10.0 Å². The topological polar surface area (TPSA) is 88.2 Å². The van der Waals surface area contributed by atoms with Gasteiger partial charge in [0.05, 0.1) is 26.1 Å². The zero-order chi connectivity index (χ0) is 19.7. The first-order chi connectivity index (χ1) is 12.9. The smallest absolute Gasteiger partial charge is 0.225 e. The number of carbonyl (C=O) groups excluding carboxylic acids is 1. The lowest BCUT2D eigenvalue weighted by molar-refractivity contribution is -0.116. The fourth-order valence-corrected chi connectivity index (χ4v) is 3.61. The molecule has 0 saturated carbocycles. The predicted octanol–water partition coefficient (Wildman–Crippen LogP) is 1.01. The molecule has 8 nitrogen and oxygen atoms in total. The Morgan fingerprint density at radius 3 is 2.48 bits per heavy atom. The molecule has 0 aromatic heterocycles. The number of nitrogens with one attached hydrogen (secondary N) is 1.